The highest BCUT2D eigenvalue weighted by Gasteiger charge is 2.61. The second kappa shape index (κ2) is 5.74. The molecule has 2 heterocycles. The van der Waals surface area contributed by atoms with E-state index in [0.717, 1.165) is 29.9 Å². The molecule has 8 heteroatoms. The van der Waals surface area contributed by atoms with E-state index in [1.54, 1.807) is 0 Å². The molecule has 132 valence electrons. The van der Waals surface area contributed by atoms with Crippen LogP contribution < -0.4 is 5.32 Å². The van der Waals surface area contributed by atoms with Crippen LogP contribution in [0.3, 0.4) is 0 Å². The lowest BCUT2D eigenvalue weighted by Gasteiger charge is -2.33. The second-order valence-corrected chi connectivity index (χ2v) is 9.40. The summed E-state index contributed by atoms with van der Waals surface area (Å²) >= 11 is 2.75. The van der Waals surface area contributed by atoms with Crippen LogP contribution >= 0.6 is 23.1 Å². The van der Waals surface area contributed by atoms with Crippen molar-refractivity contribution in [3.63, 3.8) is 0 Å². The van der Waals surface area contributed by atoms with Gasteiger partial charge in [0.2, 0.25) is 11.1 Å². The summed E-state index contributed by atoms with van der Waals surface area (Å²) in [5.41, 5.74) is 3.28. The van der Waals surface area contributed by atoms with Crippen molar-refractivity contribution in [3.05, 3.63) is 22.5 Å². The largest absolute Gasteiger partial charge is 0.301 e. The zero-order valence-corrected chi connectivity index (χ0v) is 16.4. The standard InChI is InChI=1S/C17H21N5OS2/c1-9-7-24-14(18-9)19-11(23)8-25-15-20-13-12(21-22-15)10-5-6-17(13,4)16(10,2)3/h7,10H,5-6,8H2,1-4H3,(H,18,19,23)/t10-,17-/m0/s1. The summed E-state index contributed by atoms with van der Waals surface area (Å²) in [6, 6.07) is 0. The van der Waals surface area contributed by atoms with Crippen LogP contribution in [0.1, 0.15) is 56.6 Å². The number of hydrogen-bond donors (Lipinski definition) is 1. The van der Waals surface area contributed by atoms with Gasteiger partial charge in [-0.15, -0.1) is 16.4 Å². The number of hydrogen-bond acceptors (Lipinski definition) is 7. The number of amides is 1. The fourth-order valence-electron chi connectivity index (χ4n) is 4.12. The summed E-state index contributed by atoms with van der Waals surface area (Å²) < 4.78 is 0. The summed E-state index contributed by atoms with van der Waals surface area (Å²) in [6.07, 6.45) is 2.30. The third kappa shape index (κ3) is 2.57. The number of carbonyl (C=O) groups is 1. The maximum Gasteiger partial charge on any atom is 0.236 e. The predicted molar refractivity (Wildman–Crippen MR) is 99.1 cm³/mol. The van der Waals surface area contributed by atoms with Crippen LogP contribution in [0.5, 0.6) is 0 Å². The van der Waals surface area contributed by atoms with Gasteiger partial charge in [-0.05, 0) is 25.2 Å². The Balaban J connectivity index is 1.46. The third-order valence-corrected chi connectivity index (χ3v) is 7.68. The summed E-state index contributed by atoms with van der Waals surface area (Å²) in [5, 5.41) is 14.7. The number of anilines is 1. The Bertz CT molecular complexity index is 849. The van der Waals surface area contributed by atoms with Crippen LogP contribution in [0, 0.1) is 12.3 Å². The fourth-order valence-corrected chi connectivity index (χ4v) is 5.41. The molecule has 6 nitrogen and oxygen atoms in total. The van der Waals surface area contributed by atoms with E-state index in [4.69, 9.17) is 4.98 Å². The predicted octanol–water partition coefficient (Wildman–Crippen LogP) is 3.54. The summed E-state index contributed by atoms with van der Waals surface area (Å²) in [6.45, 7) is 8.81. The van der Waals surface area contributed by atoms with Crippen LogP contribution in [0.25, 0.3) is 0 Å². The van der Waals surface area contributed by atoms with Crippen molar-refractivity contribution in [2.45, 2.75) is 57.0 Å². The zero-order valence-electron chi connectivity index (χ0n) is 14.8. The molecule has 25 heavy (non-hydrogen) atoms. The van der Waals surface area contributed by atoms with Crippen LogP contribution in [-0.4, -0.2) is 31.8 Å². The minimum atomic E-state index is -0.100. The highest BCUT2D eigenvalue weighted by Crippen LogP contribution is 2.66. The molecule has 0 unspecified atom stereocenters. The van der Waals surface area contributed by atoms with Gasteiger partial charge >= 0.3 is 0 Å². The van der Waals surface area contributed by atoms with E-state index in [0.29, 0.717) is 16.2 Å². The highest BCUT2D eigenvalue weighted by atomic mass is 32.2. The number of nitrogens with zero attached hydrogens (tertiary/aromatic N) is 4. The Morgan fingerprint density at radius 3 is 2.88 bits per heavy atom. The number of rotatable bonds is 4. The van der Waals surface area contributed by atoms with E-state index in [2.05, 4.69) is 41.3 Å². The maximum absolute atomic E-state index is 12.1. The molecule has 0 saturated heterocycles. The molecule has 1 amide bonds. The van der Waals surface area contributed by atoms with Crippen molar-refractivity contribution in [2.24, 2.45) is 5.41 Å². The molecule has 0 radical (unpaired) electrons. The van der Waals surface area contributed by atoms with E-state index >= 15 is 0 Å². The van der Waals surface area contributed by atoms with Gasteiger partial charge in [-0.1, -0.05) is 32.5 Å². The molecule has 2 atom stereocenters. The number of aromatic nitrogens is 4. The molecule has 2 bridgehead atoms. The van der Waals surface area contributed by atoms with Crippen LogP contribution in [-0.2, 0) is 10.2 Å². The first-order valence-electron chi connectivity index (χ1n) is 8.41. The molecule has 2 aliphatic carbocycles. The molecule has 2 aliphatic rings. The number of thiazole rings is 1. The van der Waals surface area contributed by atoms with Gasteiger partial charge in [0.25, 0.3) is 0 Å². The number of fused-ring (bicyclic) bond motifs is 5. The van der Waals surface area contributed by atoms with Crippen molar-refractivity contribution < 1.29 is 4.79 Å². The minimum Gasteiger partial charge on any atom is -0.301 e. The molecular weight excluding hydrogens is 354 g/mol. The smallest absolute Gasteiger partial charge is 0.236 e. The average molecular weight is 376 g/mol. The molecule has 1 N–H and O–H groups in total. The van der Waals surface area contributed by atoms with Gasteiger partial charge in [0.05, 0.1) is 22.8 Å². The summed E-state index contributed by atoms with van der Waals surface area (Å²) in [4.78, 5) is 21.1. The van der Waals surface area contributed by atoms with E-state index < -0.39 is 0 Å². The number of thioether (sulfide) groups is 1. The lowest BCUT2D eigenvalue weighted by molar-refractivity contribution is -0.113. The molecule has 1 saturated carbocycles. The zero-order chi connectivity index (χ0) is 17.8. The summed E-state index contributed by atoms with van der Waals surface area (Å²) in [7, 11) is 0. The first-order valence-corrected chi connectivity index (χ1v) is 10.3. The van der Waals surface area contributed by atoms with Crippen molar-refractivity contribution in [3.8, 4) is 0 Å². The molecule has 0 spiro atoms. The molecule has 2 aromatic heterocycles. The number of aryl methyl sites for hydroxylation is 1. The first-order chi connectivity index (χ1) is 11.8. The quantitative estimate of drug-likeness (QED) is 0.823. The maximum atomic E-state index is 12.1. The van der Waals surface area contributed by atoms with E-state index in [1.165, 1.54) is 23.1 Å². The Morgan fingerprint density at radius 1 is 1.36 bits per heavy atom. The fraction of sp³-hybridized carbons (Fsp3) is 0.588. The first kappa shape index (κ1) is 16.9. The third-order valence-electron chi connectivity index (χ3n) is 5.97. The Morgan fingerprint density at radius 2 is 2.16 bits per heavy atom. The van der Waals surface area contributed by atoms with Gasteiger partial charge in [-0.3, -0.25) is 4.79 Å². The van der Waals surface area contributed by atoms with E-state index in [1.807, 2.05) is 12.3 Å². The SMILES string of the molecule is Cc1csc(NC(=O)CSc2nnc3c(n2)[C@]2(C)CC[C@@H]3C2(C)C)n1. The van der Waals surface area contributed by atoms with E-state index in [9.17, 15) is 4.79 Å². The number of carbonyl (C=O) groups excluding carboxylic acids is 1. The van der Waals surface area contributed by atoms with Gasteiger partial charge in [-0.2, -0.15) is 5.10 Å². The highest BCUT2D eigenvalue weighted by molar-refractivity contribution is 7.99. The normalized spacial score (nSPS) is 25.8. The Hall–Kier alpha value is -1.54. The van der Waals surface area contributed by atoms with Crippen molar-refractivity contribution in [2.75, 3.05) is 11.1 Å². The van der Waals surface area contributed by atoms with Gasteiger partial charge in [0.1, 0.15) is 0 Å². The lowest BCUT2D eigenvalue weighted by Crippen LogP contribution is -2.32. The van der Waals surface area contributed by atoms with Gasteiger partial charge in [0, 0.05) is 16.7 Å². The molecule has 0 aromatic carbocycles. The topological polar surface area (TPSA) is 80.7 Å². The van der Waals surface area contributed by atoms with Gasteiger partial charge < -0.3 is 5.32 Å². The Labute approximate surface area is 155 Å². The van der Waals surface area contributed by atoms with Crippen LogP contribution in [0.2, 0.25) is 0 Å². The van der Waals surface area contributed by atoms with Crippen LogP contribution in [0.4, 0.5) is 5.13 Å². The lowest BCUT2D eigenvalue weighted by atomic mass is 9.70. The summed E-state index contributed by atoms with van der Waals surface area (Å²) in [5.74, 6) is 0.599. The van der Waals surface area contributed by atoms with Crippen molar-refractivity contribution in [1.29, 1.82) is 0 Å². The monoisotopic (exact) mass is 375 g/mol. The van der Waals surface area contributed by atoms with Crippen molar-refractivity contribution >= 4 is 34.1 Å². The van der Waals surface area contributed by atoms with E-state index in [-0.39, 0.29) is 22.5 Å². The second-order valence-electron chi connectivity index (χ2n) is 7.60. The average Bonchev–Trinajstić information content (AvgIpc) is 3.12. The Kier molecular flexibility index (Phi) is 3.88. The van der Waals surface area contributed by atoms with Crippen LogP contribution in [0.15, 0.2) is 10.5 Å². The molecule has 2 aromatic rings. The molecular formula is C17H21N5OS2. The van der Waals surface area contributed by atoms with Crippen molar-refractivity contribution in [1.82, 2.24) is 20.2 Å². The molecule has 4 rings (SSSR count). The molecule has 1 fully saturated rings. The number of nitrogens with one attached hydrogen (secondary N) is 1. The van der Waals surface area contributed by atoms with Gasteiger partial charge in [0.15, 0.2) is 5.13 Å². The molecule has 0 aliphatic heterocycles. The minimum absolute atomic E-state index is 0.0545. The van der Waals surface area contributed by atoms with Gasteiger partial charge in [-0.25, -0.2) is 9.97 Å².